The molecule has 0 fully saturated rings. The van der Waals surface area contributed by atoms with Gasteiger partial charge in [0.05, 0.1) is 5.33 Å². The van der Waals surface area contributed by atoms with Crippen LogP contribution in [0.4, 0.5) is 0 Å². The number of halogens is 2. The fourth-order valence-electron chi connectivity index (χ4n) is 1.87. The maximum atomic E-state index is 5.88. The monoisotopic (exact) mass is 327 g/mol. The molecular weight excluding hydrogens is 314 g/mol. The van der Waals surface area contributed by atoms with Gasteiger partial charge >= 0.3 is 0 Å². The number of aromatic nitrogens is 3. The molecule has 1 aromatic carbocycles. The fraction of sp³-hybridized carbons (Fsp3) is 0.385. The Kier molecular flexibility index (Phi) is 4.78. The Labute approximate surface area is 120 Å². The molecule has 2 rings (SSSR count). The minimum absolute atomic E-state index is 0.737. The molecule has 0 N–H and O–H groups in total. The lowest BCUT2D eigenvalue weighted by molar-refractivity contribution is 0.628. The van der Waals surface area contributed by atoms with Gasteiger partial charge in [0, 0.05) is 18.0 Å². The van der Waals surface area contributed by atoms with Crippen molar-refractivity contribution >= 4 is 27.5 Å². The molecule has 18 heavy (non-hydrogen) atoms. The van der Waals surface area contributed by atoms with Crippen molar-refractivity contribution in [2.45, 2.75) is 31.6 Å². The molecule has 0 amide bonds. The van der Waals surface area contributed by atoms with Crippen LogP contribution < -0.4 is 0 Å². The summed E-state index contributed by atoms with van der Waals surface area (Å²) in [6, 6.07) is 7.87. The molecule has 0 aliphatic heterocycles. The third kappa shape index (κ3) is 3.12. The molecule has 0 bridgehead atoms. The molecule has 1 aromatic heterocycles. The third-order valence-electron chi connectivity index (χ3n) is 2.75. The van der Waals surface area contributed by atoms with E-state index in [1.54, 1.807) is 0 Å². The average molecular weight is 329 g/mol. The van der Waals surface area contributed by atoms with Crippen LogP contribution in [-0.2, 0) is 18.3 Å². The zero-order valence-corrected chi connectivity index (χ0v) is 12.6. The first kappa shape index (κ1) is 13.6. The summed E-state index contributed by atoms with van der Waals surface area (Å²) in [7, 11) is 0. The van der Waals surface area contributed by atoms with E-state index in [1.807, 2.05) is 24.3 Å². The SMILES string of the molecule is CCCn1c(CBr)nnc1Cc1ccc(Cl)cc1. The lowest BCUT2D eigenvalue weighted by Gasteiger charge is -2.07. The summed E-state index contributed by atoms with van der Waals surface area (Å²) < 4.78 is 2.18. The summed E-state index contributed by atoms with van der Waals surface area (Å²) in [5.41, 5.74) is 1.20. The predicted octanol–water partition coefficient (Wildman–Crippen LogP) is 3.83. The Balaban J connectivity index is 2.22. The van der Waals surface area contributed by atoms with Crippen LogP contribution in [0.3, 0.4) is 0 Å². The maximum Gasteiger partial charge on any atom is 0.143 e. The van der Waals surface area contributed by atoms with Gasteiger partial charge in [-0.2, -0.15) is 0 Å². The van der Waals surface area contributed by atoms with E-state index in [2.05, 4.69) is 37.6 Å². The van der Waals surface area contributed by atoms with Gasteiger partial charge in [0.15, 0.2) is 0 Å². The van der Waals surface area contributed by atoms with Crippen LogP contribution in [0.2, 0.25) is 5.02 Å². The van der Waals surface area contributed by atoms with Crippen molar-refractivity contribution in [1.29, 1.82) is 0 Å². The topological polar surface area (TPSA) is 30.7 Å². The van der Waals surface area contributed by atoms with E-state index in [0.717, 1.165) is 41.4 Å². The molecular formula is C13H15BrClN3. The van der Waals surface area contributed by atoms with E-state index in [-0.39, 0.29) is 0 Å². The summed E-state index contributed by atoms with van der Waals surface area (Å²) in [6.45, 7) is 3.11. The van der Waals surface area contributed by atoms with Gasteiger partial charge in [-0.3, -0.25) is 0 Å². The van der Waals surface area contributed by atoms with E-state index in [0.29, 0.717) is 0 Å². The van der Waals surface area contributed by atoms with Crippen molar-refractivity contribution < 1.29 is 0 Å². The van der Waals surface area contributed by atoms with Gasteiger partial charge in [-0.1, -0.05) is 46.6 Å². The minimum Gasteiger partial charge on any atom is -0.314 e. The van der Waals surface area contributed by atoms with Gasteiger partial charge < -0.3 is 4.57 Å². The van der Waals surface area contributed by atoms with Crippen LogP contribution in [-0.4, -0.2) is 14.8 Å². The van der Waals surface area contributed by atoms with Crippen molar-refractivity contribution in [2.24, 2.45) is 0 Å². The van der Waals surface area contributed by atoms with Crippen molar-refractivity contribution in [3.63, 3.8) is 0 Å². The molecule has 1 heterocycles. The highest BCUT2D eigenvalue weighted by molar-refractivity contribution is 9.08. The lowest BCUT2D eigenvalue weighted by atomic mass is 10.1. The number of hydrogen-bond acceptors (Lipinski definition) is 2. The molecule has 0 unspecified atom stereocenters. The molecule has 0 spiro atoms. The highest BCUT2D eigenvalue weighted by atomic mass is 79.9. The van der Waals surface area contributed by atoms with E-state index >= 15 is 0 Å². The second-order valence-corrected chi connectivity index (χ2v) is 5.12. The smallest absolute Gasteiger partial charge is 0.143 e. The second kappa shape index (κ2) is 6.34. The Morgan fingerprint density at radius 2 is 1.83 bits per heavy atom. The molecule has 3 nitrogen and oxygen atoms in total. The number of nitrogens with zero attached hydrogens (tertiary/aromatic N) is 3. The van der Waals surface area contributed by atoms with E-state index in [1.165, 1.54) is 5.56 Å². The zero-order valence-electron chi connectivity index (χ0n) is 10.2. The standard InChI is InChI=1S/C13H15BrClN3/c1-2-7-18-12(16-17-13(18)9-14)8-10-3-5-11(15)6-4-10/h3-6H,2,7-9H2,1H3. The van der Waals surface area contributed by atoms with Gasteiger partial charge in [0.1, 0.15) is 11.6 Å². The van der Waals surface area contributed by atoms with Crippen LogP contribution in [0.25, 0.3) is 0 Å². The molecule has 0 saturated carbocycles. The zero-order chi connectivity index (χ0) is 13.0. The number of alkyl halides is 1. The van der Waals surface area contributed by atoms with Gasteiger partial charge in [0.25, 0.3) is 0 Å². The van der Waals surface area contributed by atoms with Crippen LogP contribution in [0.1, 0.15) is 30.6 Å². The molecule has 2 aromatic rings. The molecule has 0 aliphatic rings. The second-order valence-electron chi connectivity index (χ2n) is 4.12. The normalized spacial score (nSPS) is 10.8. The predicted molar refractivity (Wildman–Crippen MR) is 77.2 cm³/mol. The Morgan fingerprint density at radius 1 is 1.17 bits per heavy atom. The summed E-state index contributed by atoms with van der Waals surface area (Å²) in [5.74, 6) is 1.99. The van der Waals surface area contributed by atoms with Gasteiger partial charge in [0.2, 0.25) is 0 Å². The summed E-state index contributed by atoms with van der Waals surface area (Å²) in [4.78, 5) is 0. The summed E-state index contributed by atoms with van der Waals surface area (Å²) >= 11 is 9.33. The van der Waals surface area contributed by atoms with Crippen molar-refractivity contribution in [1.82, 2.24) is 14.8 Å². The average Bonchev–Trinajstić information content (AvgIpc) is 2.75. The van der Waals surface area contributed by atoms with Crippen LogP contribution in [0.15, 0.2) is 24.3 Å². The molecule has 5 heteroatoms. The van der Waals surface area contributed by atoms with Crippen LogP contribution >= 0.6 is 27.5 Å². The molecule has 0 saturated heterocycles. The number of hydrogen-bond donors (Lipinski definition) is 0. The Bertz CT molecular complexity index is 507. The third-order valence-corrected chi connectivity index (χ3v) is 3.50. The quantitative estimate of drug-likeness (QED) is 0.781. The highest BCUT2D eigenvalue weighted by Gasteiger charge is 2.10. The first-order valence-electron chi connectivity index (χ1n) is 5.96. The first-order chi connectivity index (χ1) is 8.74. The van der Waals surface area contributed by atoms with Gasteiger partial charge in [-0.15, -0.1) is 10.2 Å². The fourth-order valence-corrected chi connectivity index (χ4v) is 2.41. The minimum atomic E-state index is 0.737. The van der Waals surface area contributed by atoms with Crippen LogP contribution in [0, 0.1) is 0 Å². The largest absolute Gasteiger partial charge is 0.314 e. The molecule has 0 atom stereocenters. The molecule has 0 aliphatic carbocycles. The summed E-state index contributed by atoms with van der Waals surface area (Å²) in [6.07, 6.45) is 1.86. The molecule has 0 radical (unpaired) electrons. The van der Waals surface area contributed by atoms with Crippen LogP contribution in [0.5, 0.6) is 0 Å². The number of benzene rings is 1. The van der Waals surface area contributed by atoms with E-state index < -0.39 is 0 Å². The first-order valence-corrected chi connectivity index (χ1v) is 7.46. The van der Waals surface area contributed by atoms with Crippen molar-refractivity contribution in [3.8, 4) is 0 Å². The van der Waals surface area contributed by atoms with Gasteiger partial charge in [-0.25, -0.2) is 0 Å². The van der Waals surface area contributed by atoms with Crippen molar-refractivity contribution in [3.05, 3.63) is 46.5 Å². The van der Waals surface area contributed by atoms with Crippen molar-refractivity contribution in [2.75, 3.05) is 0 Å². The van der Waals surface area contributed by atoms with E-state index in [4.69, 9.17) is 11.6 Å². The number of rotatable bonds is 5. The Morgan fingerprint density at radius 3 is 2.44 bits per heavy atom. The van der Waals surface area contributed by atoms with E-state index in [9.17, 15) is 0 Å². The van der Waals surface area contributed by atoms with Gasteiger partial charge in [-0.05, 0) is 24.1 Å². The molecule has 96 valence electrons. The summed E-state index contributed by atoms with van der Waals surface area (Å²) in [5, 5.41) is 9.98. The maximum absolute atomic E-state index is 5.88. The Hall–Kier alpha value is -0.870. The lowest BCUT2D eigenvalue weighted by Crippen LogP contribution is -2.07. The highest BCUT2D eigenvalue weighted by Crippen LogP contribution is 2.15.